The van der Waals surface area contributed by atoms with Crippen molar-refractivity contribution in [3.8, 4) is 0 Å². The molecule has 0 aliphatic rings. The van der Waals surface area contributed by atoms with E-state index in [2.05, 4.69) is 27.3 Å². The van der Waals surface area contributed by atoms with Gasteiger partial charge < -0.3 is 5.32 Å². The molecular weight excluding hydrogens is 370 g/mol. The first-order chi connectivity index (χ1) is 10.9. The van der Waals surface area contributed by atoms with Crippen LogP contribution in [0, 0.1) is 5.41 Å². The molecule has 0 aliphatic heterocycles. The minimum atomic E-state index is -0.441. The van der Waals surface area contributed by atoms with Gasteiger partial charge in [0, 0.05) is 15.1 Å². The van der Waals surface area contributed by atoms with E-state index in [9.17, 15) is 4.79 Å². The molecule has 0 spiro atoms. The lowest BCUT2D eigenvalue weighted by Crippen LogP contribution is -2.39. The molecule has 0 heterocycles. The standard InChI is InChI=1S/C19H22BrNOS/c1-14(15-9-5-4-6-10-15)21-18(22)19(2,3)13-23-17-12-8-7-11-16(17)20/h4-12,14H,13H2,1-3H3,(H,21,22)/t14-/m0/s1. The molecule has 122 valence electrons. The Morgan fingerprint density at radius 1 is 1.13 bits per heavy atom. The molecule has 0 radical (unpaired) electrons. The Labute approximate surface area is 151 Å². The highest BCUT2D eigenvalue weighted by Crippen LogP contribution is 2.32. The SMILES string of the molecule is C[C@H](NC(=O)C(C)(C)CSc1ccccc1Br)c1ccccc1. The Morgan fingerprint density at radius 3 is 2.39 bits per heavy atom. The van der Waals surface area contributed by atoms with Crippen LogP contribution in [0.2, 0.25) is 0 Å². The first-order valence-corrected chi connectivity index (χ1v) is 9.41. The highest BCUT2D eigenvalue weighted by atomic mass is 79.9. The van der Waals surface area contributed by atoms with Gasteiger partial charge in [-0.05, 0) is 40.5 Å². The van der Waals surface area contributed by atoms with E-state index in [1.54, 1.807) is 11.8 Å². The van der Waals surface area contributed by atoms with Crippen molar-refractivity contribution in [1.82, 2.24) is 5.32 Å². The number of amides is 1. The van der Waals surface area contributed by atoms with Crippen molar-refractivity contribution in [2.24, 2.45) is 5.41 Å². The maximum Gasteiger partial charge on any atom is 0.226 e. The molecule has 2 aromatic carbocycles. The van der Waals surface area contributed by atoms with Gasteiger partial charge in [-0.1, -0.05) is 56.3 Å². The molecular formula is C19H22BrNOS. The van der Waals surface area contributed by atoms with E-state index in [1.165, 1.54) is 0 Å². The van der Waals surface area contributed by atoms with Crippen LogP contribution >= 0.6 is 27.7 Å². The van der Waals surface area contributed by atoms with E-state index in [0.717, 1.165) is 20.7 Å². The van der Waals surface area contributed by atoms with Crippen molar-refractivity contribution in [2.45, 2.75) is 31.7 Å². The number of benzene rings is 2. The van der Waals surface area contributed by atoms with Crippen molar-refractivity contribution < 1.29 is 4.79 Å². The van der Waals surface area contributed by atoms with Gasteiger partial charge in [-0.15, -0.1) is 11.8 Å². The molecule has 0 fully saturated rings. The third-order valence-electron chi connectivity index (χ3n) is 3.69. The molecule has 0 bridgehead atoms. The van der Waals surface area contributed by atoms with Gasteiger partial charge in [-0.2, -0.15) is 0 Å². The van der Waals surface area contributed by atoms with Gasteiger partial charge in [0.15, 0.2) is 0 Å². The Morgan fingerprint density at radius 2 is 1.74 bits per heavy atom. The summed E-state index contributed by atoms with van der Waals surface area (Å²) in [6.45, 7) is 6.00. The molecule has 2 aromatic rings. The van der Waals surface area contributed by atoms with E-state index >= 15 is 0 Å². The second-order valence-electron chi connectivity index (χ2n) is 6.21. The molecule has 2 rings (SSSR count). The van der Waals surface area contributed by atoms with Crippen molar-refractivity contribution in [3.05, 3.63) is 64.6 Å². The Balaban J connectivity index is 1.96. The molecule has 1 N–H and O–H groups in total. The van der Waals surface area contributed by atoms with Crippen LogP contribution < -0.4 is 5.32 Å². The summed E-state index contributed by atoms with van der Waals surface area (Å²) >= 11 is 5.25. The molecule has 0 aromatic heterocycles. The normalized spacial score (nSPS) is 12.7. The summed E-state index contributed by atoms with van der Waals surface area (Å²) < 4.78 is 1.07. The highest BCUT2D eigenvalue weighted by molar-refractivity contribution is 9.10. The highest BCUT2D eigenvalue weighted by Gasteiger charge is 2.29. The number of carbonyl (C=O) groups is 1. The second kappa shape index (κ2) is 8.02. The van der Waals surface area contributed by atoms with Gasteiger partial charge >= 0.3 is 0 Å². The van der Waals surface area contributed by atoms with Gasteiger partial charge in [0.2, 0.25) is 5.91 Å². The van der Waals surface area contributed by atoms with Crippen LogP contribution in [0.5, 0.6) is 0 Å². The molecule has 23 heavy (non-hydrogen) atoms. The number of halogens is 1. The van der Waals surface area contributed by atoms with Crippen LogP contribution in [0.4, 0.5) is 0 Å². The number of hydrogen-bond acceptors (Lipinski definition) is 2. The Bertz CT molecular complexity index is 657. The van der Waals surface area contributed by atoms with Gasteiger partial charge in [-0.25, -0.2) is 0 Å². The lowest BCUT2D eigenvalue weighted by Gasteiger charge is -2.26. The fraction of sp³-hybridized carbons (Fsp3) is 0.316. The molecule has 0 unspecified atom stereocenters. The summed E-state index contributed by atoms with van der Waals surface area (Å²) in [4.78, 5) is 13.8. The Hall–Kier alpha value is -1.26. The molecule has 1 atom stereocenters. The molecule has 0 aliphatic carbocycles. The molecule has 1 amide bonds. The number of hydrogen-bond donors (Lipinski definition) is 1. The minimum absolute atomic E-state index is 0.0106. The van der Waals surface area contributed by atoms with Crippen LogP contribution in [0.25, 0.3) is 0 Å². The average Bonchev–Trinajstić information content (AvgIpc) is 2.55. The summed E-state index contributed by atoms with van der Waals surface area (Å²) in [5.41, 5.74) is 0.679. The van der Waals surface area contributed by atoms with E-state index in [1.807, 2.05) is 69.3 Å². The van der Waals surface area contributed by atoms with Crippen LogP contribution in [-0.4, -0.2) is 11.7 Å². The zero-order valence-electron chi connectivity index (χ0n) is 13.7. The second-order valence-corrected chi connectivity index (χ2v) is 8.08. The van der Waals surface area contributed by atoms with E-state index in [4.69, 9.17) is 0 Å². The molecule has 2 nitrogen and oxygen atoms in total. The zero-order chi connectivity index (χ0) is 16.9. The number of thioether (sulfide) groups is 1. The summed E-state index contributed by atoms with van der Waals surface area (Å²) in [7, 11) is 0. The van der Waals surface area contributed by atoms with Crippen LogP contribution in [0.1, 0.15) is 32.4 Å². The predicted molar refractivity (Wildman–Crippen MR) is 102 cm³/mol. The lowest BCUT2D eigenvalue weighted by molar-refractivity contribution is -0.128. The van der Waals surface area contributed by atoms with Gasteiger partial charge in [0.05, 0.1) is 11.5 Å². The maximum absolute atomic E-state index is 12.6. The Kier molecular flexibility index (Phi) is 6.31. The molecule has 0 saturated heterocycles. The topological polar surface area (TPSA) is 29.1 Å². The van der Waals surface area contributed by atoms with E-state index < -0.39 is 5.41 Å². The van der Waals surface area contributed by atoms with Gasteiger partial charge in [0.1, 0.15) is 0 Å². The number of nitrogens with one attached hydrogen (secondary N) is 1. The molecule has 4 heteroatoms. The van der Waals surface area contributed by atoms with Crippen molar-refractivity contribution in [2.75, 3.05) is 5.75 Å². The predicted octanol–water partition coefficient (Wildman–Crippen LogP) is 5.44. The smallest absolute Gasteiger partial charge is 0.226 e. The first kappa shape index (κ1) is 18.1. The maximum atomic E-state index is 12.6. The lowest BCUT2D eigenvalue weighted by atomic mass is 9.94. The zero-order valence-corrected chi connectivity index (χ0v) is 16.1. The third-order valence-corrected chi connectivity index (χ3v) is 6.17. The number of carbonyl (C=O) groups excluding carboxylic acids is 1. The summed E-state index contributed by atoms with van der Waals surface area (Å²) in [6, 6.07) is 18.1. The summed E-state index contributed by atoms with van der Waals surface area (Å²) in [5.74, 6) is 0.802. The summed E-state index contributed by atoms with van der Waals surface area (Å²) in [6.07, 6.45) is 0. The number of rotatable bonds is 6. The van der Waals surface area contributed by atoms with Gasteiger partial charge in [-0.3, -0.25) is 4.79 Å². The largest absolute Gasteiger partial charge is 0.349 e. The fourth-order valence-electron chi connectivity index (χ4n) is 2.10. The third kappa shape index (κ3) is 5.11. The van der Waals surface area contributed by atoms with Crippen LogP contribution in [-0.2, 0) is 4.79 Å². The van der Waals surface area contributed by atoms with Crippen LogP contribution in [0.15, 0.2) is 64.0 Å². The fourth-order valence-corrected chi connectivity index (χ4v) is 3.76. The van der Waals surface area contributed by atoms with Gasteiger partial charge in [0.25, 0.3) is 0 Å². The van der Waals surface area contributed by atoms with E-state index in [-0.39, 0.29) is 11.9 Å². The average molecular weight is 392 g/mol. The van der Waals surface area contributed by atoms with Crippen LogP contribution in [0.3, 0.4) is 0 Å². The minimum Gasteiger partial charge on any atom is -0.349 e. The van der Waals surface area contributed by atoms with Crippen molar-refractivity contribution >= 4 is 33.6 Å². The van der Waals surface area contributed by atoms with Crippen molar-refractivity contribution in [3.63, 3.8) is 0 Å². The van der Waals surface area contributed by atoms with E-state index in [0.29, 0.717) is 0 Å². The summed E-state index contributed by atoms with van der Waals surface area (Å²) in [5, 5.41) is 3.12. The quantitative estimate of drug-likeness (QED) is 0.663. The van der Waals surface area contributed by atoms with Crippen molar-refractivity contribution in [1.29, 1.82) is 0 Å². The first-order valence-electron chi connectivity index (χ1n) is 7.63. The molecule has 0 saturated carbocycles. The monoisotopic (exact) mass is 391 g/mol.